The smallest absolute Gasteiger partial charge is 0.293 e. The number of benzene rings is 1. The number of carbonyl (C=O) groups excluding carboxylic acids is 2. The van der Waals surface area contributed by atoms with Crippen molar-refractivity contribution in [2.24, 2.45) is 5.92 Å². The highest BCUT2D eigenvalue weighted by Crippen LogP contribution is 2.29. The van der Waals surface area contributed by atoms with Crippen molar-refractivity contribution in [1.29, 1.82) is 0 Å². The Morgan fingerprint density at radius 1 is 1.16 bits per heavy atom. The van der Waals surface area contributed by atoms with Crippen LogP contribution >= 0.6 is 0 Å². The third-order valence-electron chi connectivity index (χ3n) is 3.74. The van der Waals surface area contributed by atoms with Crippen LogP contribution in [-0.4, -0.2) is 21.9 Å². The summed E-state index contributed by atoms with van der Waals surface area (Å²) in [5.41, 5.74) is 1.25. The Balaban J connectivity index is 2.00. The van der Waals surface area contributed by atoms with Gasteiger partial charge in [-0.1, -0.05) is 43.7 Å². The van der Waals surface area contributed by atoms with Gasteiger partial charge in [0.15, 0.2) is 5.25 Å². The third-order valence-corrected chi connectivity index (χ3v) is 6.28. The topological polar surface area (TPSA) is 34.1 Å². The number of Topliss-reactive ketones (excluding diaryl/α,β-unsaturated/α-hetero) is 1. The second kappa shape index (κ2) is 6.38. The van der Waals surface area contributed by atoms with Crippen LogP contribution in [0.15, 0.2) is 30.3 Å². The van der Waals surface area contributed by atoms with Crippen molar-refractivity contribution in [2.75, 3.05) is 5.75 Å². The SMILES string of the molecule is CCCC1C(=O)C(C)[S+](CCc2ccccc2)C1=O. The molecule has 2 rings (SSSR count). The molecule has 19 heavy (non-hydrogen) atoms. The first-order valence-corrected chi connectivity index (χ1v) is 8.42. The molecule has 1 aliphatic heterocycles. The molecule has 0 bridgehead atoms. The van der Waals surface area contributed by atoms with Gasteiger partial charge in [-0.3, -0.25) is 4.79 Å². The molecule has 1 aromatic rings. The fourth-order valence-corrected chi connectivity index (χ4v) is 5.00. The molecule has 0 spiro atoms. The molecule has 1 saturated heterocycles. The maximum atomic E-state index is 12.3. The summed E-state index contributed by atoms with van der Waals surface area (Å²) in [5.74, 6) is 0.707. The molecule has 3 unspecified atom stereocenters. The van der Waals surface area contributed by atoms with Crippen LogP contribution in [0.3, 0.4) is 0 Å². The van der Waals surface area contributed by atoms with E-state index in [1.54, 1.807) is 0 Å². The summed E-state index contributed by atoms with van der Waals surface area (Å²) in [6, 6.07) is 10.2. The van der Waals surface area contributed by atoms with E-state index in [0.29, 0.717) is 0 Å². The summed E-state index contributed by atoms with van der Waals surface area (Å²) in [7, 11) is -0.367. The first-order valence-electron chi connectivity index (χ1n) is 6.96. The van der Waals surface area contributed by atoms with Gasteiger partial charge in [0.1, 0.15) is 11.7 Å². The zero-order valence-electron chi connectivity index (χ0n) is 11.6. The van der Waals surface area contributed by atoms with Crippen molar-refractivity contribution < 1.29 is 9.59 Å². The van der Waals surface area contributed by atoms with Crippen molar-refractivity contribution in [1.82, 2.24) is 0 Å². The van der Waals surface area contributed by atoms with Crippen molar-refractivity contribution in [3.63, 3.8) is 0 Å². The summed E-state index contributed by atoms with van der Waals surface area (Å²) in [4.78, 5) is 24.4. The van der Waals surface area contributed by atoms with Crippen molar-refractivity contribution >= 4 is 21.8 Å². The summed E-state index contributed by atoms with van der Waals surface area (Å²) in [5, 5.41) is 0.156. The Morgan fingerprint density at radius 3 is 2.47 bits per heavy atom. The molecule has 0 N–H and O–H groups in total. The molecule has 0 aromatic heterocycles. The lowest BCUT2D eigenvalue weighted by Gasteiger charge is -2.03. The Morgan fingerprint density at radius 2 is 1.84 bits per heavy atom. The lowest BCUT2D eigenvalue weighted by atomic mass is 9.99. The summed E-state index contributed by atoms with van der Waals surface area (Å²) in [6.07, 6.45) is 2.54. The van der Waals surface area contributed by atoms with Gasteiger partial charge in [0, 0.05) is 6.42 Å². The maximum absolute atomic E-state index is 12.3. The van der Waals surface area contributed by atoms with E-state index in [1.807, 2.05) is 32.0 Å². The highest BCUT2D eigenvalue weighted by Gasteiger charge is 2.54. The Kier molecular flexibility index (Phi) is 4.81. The molecule has 1 aromatic carbocycles. The molecule has 0 radical (unpaired) electrons. The molecule has 1 aliphatic rings. The van der Waals surface area contributed by atoms with E-state index in [2.05, 4.69) is 12.1 Å². The monoisotopic (exact) mass is 277 g/mol. The minimum Gasteiger partial charge on any atom is -0.293 e. The van der Waals surface area contributed by atoms with E-state index in [9.17, 15) is 9.59 Å². The average molecular weight is 277 g/mol. The van der Waals surface area contributed by atoms with E-state index >= 15 is 0 Å². The van der Waals surface area contributed by atoms with Crippen molar-refractivity contribution in [2.45, 2.75) is 38.4 Å². The largest absolute Gasteiger partial charge is 0.342 e. The van der Waals surface area contributed by atoms with Gasteiger partial charge < -0.3 is 0 Å². The van der Waals surface area contributed by atoms with E-state index in [4.69, 9.17) is 0 Å². The first kappa shape index (κ1) is 14.3. The normalized spacial score (nSPS) is 26.9. The van der Waals surface area contributed by atoms with Gasteiger partial charge in [-0.25, -0.2) is 4.79 Å². The number of hydrogen-bond donors (Lipinski definition) is 0. The standard InChI is InChI=1S/C16H21O2S/c1-3-7-14-15(17)12(2)19(16(14)18)11-10-13-8-5-4-6-9-13/h4-6,8-9,12,14H,3,7,10-11H2,1-2H3/q+1. The summed E-state index contributed by atoms with van der Waals surface area (Å²) >= 11 is 0. The molecule has 0 aliphatic carbocycles. The fraction of sp³-hybridized carbons (Fsp3) is 0.500. The van der Waals surface area contributed by atoms with Gasteiger partial charge in [0.2, 0.25) is 5.78 Å². The van der Waals surface area contributed by atoms with Gasteiger partial charge in [0.05, 0.1) is 10.9 Å². The number of aryl methyl sites for hydroxylation is 1. The van der Waals surface area contributed by atoms with Crippen molar-refractivity contribution in [3.8, 4) is 0 Å². The Bertz CT molecular complexity index is 455. The van der Waals surface area contributed by atoms with E-state index in [0.717, 1.165) is 25.0 Å². The molecule has 1 heterocycles. The molecule has 0 amide bonds. The van der Waals surface area contributed by atoms with E-state index in [-0.39, 0.29) is 33.0 Å². The lowest BCUT2D eigenvalue weighted by Crippen LogP contribution is -2.24. The van der Waals surface area contributed by atoms with Gasteiger partial charge in [0.25, 0.3) is 0 Å². The maximum Gasteiger partial charge on any atom is 0.342 e. The van der Waals surface area contributed by atoms with Gasteiger partial charge in [-0.05, 0) is 18.9 Å². The predicted molar refractivity (Wildman–Crippen MR) is 80.3 cm³/mol. The minimum atomic E-state index is -0.367. The quantitative estimate of drug-likeness (QED) is 0.612. The van der Waals surface area contributed by atoms with Crippen LogP contribution in [0.1, 0.15) is 32.3 Å². The molecule has 2 nitrogen and oxygen atoms in total. The van der Waals surface area contributed by atoms with Crippen LogP contribution in [0.25, 0.3) is 0 Å². The van der Waals surface area contributed by atoms with Crippen LogP contribution < -0.4 is 0 Å². The highest BCUT2D eigenvalue weighted by atomic mass is 32.2. The zero-order valence-corrected chi connectivity index (χ0v) is 12.4. The van der Waals surface area contributed by atoms with Gasteiger partial charge in [-0.2, -0.15) is 0 Å². The number of hydrogen-bond acceptors (Lipinski definition) is 2. The van der Waals surface area contributed by atoms with Gasteiger partial charge in [-0.15, -0.1) is 0 Å². The van der Waals surface area contributed by atoms with Crippen LogP contribution in [-0.2, 0) is 26.9 Å². The van der Waals surface area contributed by atoms with Crippen LogP contribution in [0.4, 0.5) is 0 Å². The molecular weight excluding hydrogens is 256 g/mol. The van der Waals surface area contributed by atoms with Crippen LogP contribution in [0, 0.1) is 5.92 Å². The molecule has 3 atom stereocenters. The molecule has 1 fully saturated rings. The molecule has 0 saturated carbocycles. The summed E-state index contributed by atoms with van der Waals surface area (Å²) in [6.45, 7) is 3.97. The Labute approximate surface area is 117 Å². The zero-order chi connectivity index (χ0) is 13.8. The van der Waals surface area contributed by atoms with Crippen LogP contribution in [0.2, 0.25) is 0 Å². The fourth-order valence-electron chi connectivity index (χ4n) is 2.60. The predicted octanol–water partition coefficient (Wildman–Crippen LogP) is 2.76. The molecule has 3 heteroatoms. The molecule has 102 valence electrons. The second-order valence-electron chi connectivity index (χ2n) is 5.07. The third kappa shape index (κ3) is 3.08. The number of rotatable bonds is 5. The molecular formula is C16H21O2S+. The van der Waals surface area contributed by atoms with Crippen molar-refractivity contribution in [3.05, 3.63) is 35.9 Å². The highest BCUT2D eigenvalue weighted by molar-refractivity contribution is 8.12. The summed E-state index contributed by atoms with van der Waals surface area (Å²) < 4.78 is 0. The van der Waals surface area contributed by atoms with E-state index < -0.39 is 0 Å². The minimum absolute atomic E-state index is 0.0623. The Hall–Kier alpha value is -1.09. The average Bonchev–Trinajstić information content (AvgIpc) is 2.63. The second-order valence-corrected chi connectivity index (χ2v) is 7.45. The number of ketones is 1. The van der Waals surface area contributed by atoms with E-state index in [1.165, 1.54) is 5.56 Å². The van der Waals surface area contributed by atoms with Gasteiger partial charge >= 0.3 is 5.12 Å². The lowest BCUT2D eigenvalue weighted by molar-refractivity contribution is -0.126. The number of carbonyl (C=O) groups is 2. The van der Waals surface area contributed by atoms with Crippen LogP contribution in [0.5, 0.6) is 0 Å². The first-order chi connectivity index (χ1) is 9.15.